The number of fused-ring (bicyclic) bond motifs is 1. The molecule has 13 nitrogen and oxygen atoms in total. The average Bonchev–Trinajstić information content (AvgIpc) is 3.54. The smallest absolute Gasteiger partial charge is 0.286 e. The second-order valence-corrected chi connectivity index (χ2v) is 11.4. The Morgan fingerprint density at radius 3 is 2.80 bits per heavy atom. The van der Waals surface area contributed by atoms with Gasteiger partial charge < -0.3 is 44.2 Å². The number of morpholine rings is 1. The summed E-state index contributed by atoms with van der Waals surface area (Å²) in [5.74, 6) is 2.03. The summed E-state index contributed by atoms with van der Waals surface area (Å²) in [6.07, 6.45) is -0.360. The molecule has 0 spiro atoms. The summed E-state index contributed by atoms with van der Waals surface area (Å²) < 4.78 is 29.3. The first-order valence-electron chi connectivity index (χ1n) is 15.3. The molecule has 3 aliphatic rings. The van der Waals surface area contributed by atoms with Gasteiger partial charge in [0.15, 0.2) is 17.3 Å². The number of nitrogens with one attached hydrogen (secondary N) is 3. The summed E-state index contributed by atoms with van der Waals surface area (Å²) in [6, 6.07) is 12.6. The molecule has 2 unspecified atom stereocenters. The summed E-state index contributed by atoms with van der Waals surface area (Å²) in [7, 11) is 3.64. The van der Waals surface area contributed by atoms with Crippen LogP contribution in [-0.4, -0.2) is 112 Å². The van der Waals surface area contributed by atoms with Gasteiger partial charge in [-0.25, -0.2) is 4.98 Å². The van der Waals surface area contributed by atoms with Gasteiger partial charge in [0.25, 0.3) is 11.8 Å². The van der Waals surface area contributed by atoms with Crippen molar-refractivity contribution in [3.63, 3.8) is 0 Å². The van der Waals surface area contributed by atoms with E-state index in [4.69, 9.17) is 23.4 Å². The van der Waals surface area contributed by atoms with Gasteiger partial charge in [-0.3, -0.25) is 14.5 Å². The number of pyridine rings is 1. The third kappa shape index (κ3) is 7.74. The largest absolute Gasteiger partial charge is 0.486 e. The van der Waals surface area contributed by atoms with Crippen LogP contribution < -0.4 is 30.2 Å². The standard InChI is InChI=1S/C32H40N6O7/c1-37-11-13-38(14-12-37)19-22-6-7-27(44-22)31(39)34-9-8-23-20-43-26-5-3-4-24(30(26)45-23)25-16-21(17-29(36-25)41-2)35-32(40)28-18-33-10-15-42-28/h3-7,16-17,23,28,33H,8-15,18-20H2,1-2H3,(H,34,39)(H,35,36,40). The maximum Gasteiger partial charge on any atom is 0.286 e. The number of aromatic nitrogens is 1. The van der Waals surface area contributed by atoms with Crippen LogP contribution in [0.4, 0.5) is 5.69 Å². The number of para-hydroxylation sites is 1. The Bertz CT molecular complexity index is 1480. The van der Waals surface area contributed by atoms with Crippen LogP contribution in [0.25, 0.3) is 11.3 Å². The number of rotatable bonds is 10. The van der Waals surface area contributed by atoms with Crippen LogP contribution in [0, 0.1) is 0 Å². The van der Waals surface area contributed by atoms with Gasteiger partial charge in [0.1, 0.15) is 24.6 Å². The van der Waals surface area contributed by atoms with Crippen LogP contribution >= 0.6 is 0 Å². The number of carbonyl (C=O) groups excluding carboxylic acids is 2. The molecule has 45 heavy (non-hydrogen) atoms. The maximum atomic E-state index is 12.8. The molecule has 0 aliphatic carbocycles. The average molecular weight is 621 g/mol. The number of hydrogen-bond acceptors (Lipinski definition) is 11. The van der Waals surface area contributed by atoms with Gasteiger partial charge in [-0.1, -0.05) is 6.07 Å². The molecule has 2 amide bonds. The Labute approximate surface area is 262 Å². The van der Waals surface area contributed by atoms with Crippen molar-refractivity contribution in [2.45, 2.75) is 25.2 Å². The number of carbonyl (C=O) groups is 2. The number of nitrogens with zero attached hydrogens (tertiary/aromatic N) is 3. The zero-order valence-corrected chi connectivity index (χ0v) is 25.7. The van der Waals surface area contributed by atoms with E-state index < -0.39 is 6.10 Å². The number of methoxy groups -OCH3 is 1. The van der Waals surface area contributed by atoms with E-state index in [0.717, 1.165) is 31.9 Å². The molecule has 0 radical (unpaired) electrons. The Morgan fingerprint density at radius 1 is 1.13 bits per heavy atom. The van der Waals surface area contributed by atoms with E-state index in [1.165, 1.54) is 7.11 Å². The van der Waals surface area contributed by atoms with Crippen molar-refractivity contribution < 1.29 is 33.0 Å². The van der Waals surface area contributed by atoms with Crippen molar-refractivity contribution in [1.29, 1.82) is 0 Å². The maximum absolute atomic E-state index is 12.8. The summed E-state index contributed by atoms with van der Waals surface area (Å²) in [4.78, 5) is 34.8. The van der Waals surface area contributed by atoms with E-state index in [1.54, 1.807) is 18.2 Å². The molecule has 0 saturated carbocycles. The molecule has 0 bridgehead atoms. The van der Waals surface area contributed by atoms with Gasteiger partial charge in [-0.15, -0.1) is 0 Å². The summed E-state index contributed by atoms with van der Waals surface area (Å²) >= 11 is 0. The van der Waals surface area contributed by atoms with Gasteiger partial charge in [0.05, 0.1) is 26.0 Å². The molecule has 3 N–H and O–H groups in total. The lowest BCUT2D eigenvalue weighted by molar-refractivity contribution is -0.128. The fraction of sp³-hybridized carbons (Fsp3) is 0.469. The minimum absolute atomic E-state index is 0.251. The molecule has 6 rings (SSSR count). The van der Waals surface area contributed by atoms with Crippen LogP contribution in [0.1, 0.15) is 22.7 Å². The first kappa shape index (κ1) is 30.8. The minimum Gasteiger partial charge on any atom is -0.486 e. The SMILES string of the molecule is COc1cc(NC(=O)C2CNCCO2)cc(-c2cccc3c2OC(CCNC(=O)c2ccc(CN4CCN(C)CC4)o2)CO3)n1. The summed E-state index contributed by atoms with van der Waals surface area (Å²) in [6.45, 7) is 7.05. The molecule has 2 fully saturated rings. The molecule has 2 aromatic heterocycles. The van der Waals surface area contributed by atoms with Crippen LogP contribution in [0.2, 0.25) is 0 Å². The van der Waals surface area contributed by atoms with Crippen LogP contribution in [0.5, 0.6) is 17.4 Å². The lowest BCUT2D eigenvalue weighted by Crippen LogP contribution is -2.45. The molecule has 3 aromatic rings. The number of furan rings is 1. The molecule has 2 atom stereocenters. The van der Waals surface area contributed by atoms with Crippen molar-refractivity contribution in [1.82, 2.24) is 25.4 Å². The van der Waals surface area contributed by atoms with Gasteiger partial charge in [-0.2, -0.15) is 0 Å². The van der Waals surface area contributed by atoms with Crippen LogP contribution in [0.15, 0.2) is 46.9 Å². The normalized spacial score (nSPS) is 20.4. The third-order valence-electron chi connectivity index (χ3n) is 8.08. The van der Waals surface area contributed by atoms with Gasteiger partial charge in [-0.05, 0) is 37.4 Å². The molecule has 13 heteroatoms. The van der Waals surface area contributed by atoms with E-state index in [1.807, 2.05) is 24.3 Å². The molecule has 2 saturated heterocycles. The van der Waals surface area contributed by atoms with E-state index in [2.05, 4.69) is 37.8 Å². The Kier molecular flexibility index (Phi) is 9.79. The van der Waals surface area contributed by atoms with E-state index in [-0.39, 0.29) is 17.9 Å². The molecule has 1 aromatic carbocycles. The molecule has 3 aliphatic heterocycles. The van der Waals surface area contributed by atoms with Crippen LogP contribution in [-0.2, 0) is 16.1 Å². The highest BCUT2D eigenvalue weighted by Crippen LogP contribution is 2.41. The van der Waals surface area contributed by atoms with Crippen LogP contribution in [0.3, 0.4) is 0 Å². The fourth-order valence-electron chi connectivity index (χ4n) is 5.50. The second kappa shape index (κ2) is 14.3. The van der Waals surface area contributed by atoms with Crippen molar-refractivity contribution in [2.75, 3.05) is 78.5 Å². The fourth-order valence-corrected chi connectivity index (χ4v) is 5.50. The van der Waals surface area contributed by atoms with Crippen molar-refractivity contribution in [3.8, 4) is 28.6 Å². The highest BCUT2D eigenvalue weighted by atomic mass is 16.6. The predicted molar refractivity (Wildman–Crippen MR) is 166 cm³/mol. The van der Waals surface area contributed by atoms with Gasteiger partial charge in [0.2, 0.25) is 5.88 Å². The highest BCUT2D eigenvalue weighted by Gasteiger charge is 2.27. The lowest BCUT2D eigenvalue weighted by Gasteiger charge is -2.31. The zero-order valence-electron chi connectivity index (χ0n) is 25.7. The van der Waals surface area contributed by atoms with Crippen molar-refractivity contribution in [3.05, 3.63) is 54.0 Å². The van der Waals surface area contributed by atoms with Gasteiger partial charge in [0, 0.05) is 69.6 Å². The number of benzene rings is 1. The third-order valence-corrected chi connectivity index (χ3v) is 8.08. The number of hydrogen-bond donors (Lipinski definition) is 3. The zero-order chi connectivity index (χ0) is 31.2. The van der Waals surface area contributed by atoms with E-state index in [9.17, 15) is 9.59 Å². The first-order valence-corrected chi connectivity index (χ1v) is 15.3. The Morgan fingerprint density at radius 2 is 2.00 bits per heavy atom. The Balaban J connectivity index is 1.07. The molecular weight excluding hydrogens is 580 g/mol. The summed E-state index contributed by atoms with van der Waals surface area (Å²) in [5, 5.41) is 9.01. The van der Waals surface area contributed by atoms with Crippen molar-refractivity contribution in [2.24, 2.45) is 0 Å². The Hall–Kier alpha value is -4.17. The number of likely N-dealkylation sites (N-methyl/N-ethyl adjacent to an activating group) is 1. The minimum atomic E-state index is -0.583. The number of piperazine rings is 1. The summed E-state index contributed by atoms with van der Waals surface area (Å²) in [5.41, 5.74) is 1.76. The molecule has 240 valence electrons. The molecule has 5 heterocycles. The second-order valence-electron chi connectivity index (χ2n) is 11.4. The molecular formula is C32H40N6O7. The van der Waals surface area contributed by atoms with Crippen molar-refractivity contribution >= 4 is 17.5 Å². The lowest BCUT2D eigenvalue weighted by atomic mass is 10.1. The number of anilines is 1. The van der Waals surface area contributed by atoms with E-state index >= 15 is 0 Å². The van der Waals surface area contributed by atoms with Gasteiger partial charge >= 0.3 is 0 Å². The van der Waals surface area contributed by atoms with E-state index in [0.29, 0.717) is 85.9 Å². The first-order chi connectivity index (χ1) is 21.9. The highest BCUT2D eigenvalue weighted by molar-refractivity contribution is 5.95. The topological polar surface area (TPSA) is 140 Å². The predicted octanol–water partition coefficient (Wildman–Crippen LogP) is 1.98. The quantitative estimate of drug-likeness (QED) is 0.307. The number of ether oxygens (including phenoxy) is 4. The number of amides is 2. The monoisotopic (exact) mass is 620 g/mol.